The number of allylic oxidation sites excluding steroid dienone is 2. The van der Waals surface area contributed by atoms with Crippen molar-refractivity contribution in [3.05, 3.63) is 25.3 Å². The van der Waals surface area contributed by atoms with Gasteiger partial charge in [-0.2, -0.15) is 0 Å². The zero-order valence-electron chi connectivity index (χ0n) is 13.9. The fourth-order valence-corrected chi connectivity index (χ4v) is 4.84. The lowest BCUT2D eigenvalue weighted by molar-refractivity contribution is -0.120. The highest BCUT2D eigenvalue weighted by atomic mass is 32.2. The van der Waals surface area contributed by atoms with E-state index in [0.29, 0.717) is 19.3 Å². The van der Waals surface area contributed by atoms with Crippen molar-refractivity contribution in [3.8, 4) is 0 Å². The largest absolute Gasteiger partial charge is 0.274 e. The molecular weight excluding hydrogens is 310 g/mol. The number of hydrogen-bond acceptors (Lipinski definition) is 3. The van der Waals surface area contributed by atoms with Crippen LogP contribution in [0.5, 0.6) is 0 Å². The van der Waals surface area contributed by atoms with Gasteiger partial charge in [-0.15, -0.1) is 13.2 Å². The van der Waals surface area contributed by atoms with E-state index in [1.807, 2.05) is 6.08 Å². The van der Waals surface area contributed by atoms with E-state index in [0.717, 1.165) is 38.5 Å². The second-order valence-electron chi connectivity index (χ2n) is 6.99. The monoisotopic (exact) mass is 339 g/mol. The fourth-order valence-electron chi connectivity index (χ4n) is 3.15. The Morgan fingerprint density at radius 2 is 1.78 bits per heavy atom. The summed E-state index contributed by atoms with van der Waals surface area (Å²) in [6.45, 7) is 7.36. The zero-order valence-corrected chi connectivity index (χ0v) is 14.7. The van der Waals surface area contributed by atoms with Gasteiger partial charge in [0.25, 0.3) is 0 Å². The number of sulfonamides is 1. The summed E-state index contributed by atoms with van der Waals surface area (Å²) in [6, 6.07) is 0. The molecule has 0 spiro atoms. The third kappa shape index (κ3) is 4.69. The fraction of sp³-hybridized carbons (Fsp3) is 0.722. The van der Waals surface area contributed by atoms with Crippen LogP contribution < -0.4 is 4.72 Å². The summed E-state index contributed by atoms with van der Waals surface area (Å²) in [4.78, 5) is 12.0. The summed E-state index contributed by atoms with van der Waals surface area (Å²) >= 11 is 0. The van der Waals surface area contributed by atoms with Gasteiger partial charge < -0.3 is 0 Å². The molecule has 0 aromatic carbocycles. The SMILES string of the molecule is C=CCCCCCCCC1(S(=O)(=O)NC(=O)C2CC2C=C)CC1. The minimum Gasteiger partial charge on any atom is -0.274 e. The van der Waals surface area contributed by atoms with Crippen molar-refractivity contribution in [1.29, 1.82) is 0 Å². The van der Waals surface area contributed by atoms with E-state index in [2.05, 4.69) is 17.9 Å². The molecule has 0 radical (unpaired) electrons. The number of rotatable bonds is 12. The predicted octanol–water partition coefficient (Wildman–Crippen LogP) is 3.70. The van der Waals surface area contributed by atoms with Gasteiger partial charge in [-0.1, -0.05) is 37.8 Å². The van der Waals surface area contributed by atoms with Crippen molar-refractivity contribution in [1.82, 2.24) is 4.72 Å². The maximum atomic E-state index is 12.5. The number of carbonyl (C=O) groups excluding carboxylic acids is 1. The summed E-state index contributed by atoms with van der Waals surface area (Å²) in [5.41, 5.74) is 0. The van der Waals surface area contributed by atoms with Gasteiger partial charge in [-0.25, -0.2) is 8.42 Å². The number of unbranched alkanes of at least 4 members (excludes halogenated alkanes) is 5. The lowest BCUT2D eigenvalue weighted by Gasteiger charge is -2.17. The number of hydrogen-bond donors (Lipinski definition) is 1. The molecule has 1 amide bonds. The minimum absolute atomic E-state index is 0.149. The molecule has 0 aliphatic heterocycles. The highest BCUT2D eigenvalue weighted by molar-refractivity contribution is 7.91. The maximum absolute atomic E-state index is 12.5. The van der Waals surface area contributed by atoms with E-state index in [9.17, 15) is 13.2 Å². The van der Waals surface area contributed by atoms with Crippen molar-refractivity contribution in [2.24, 2.45) is 11.8 Å². The van der Waals surface area contributed by atoms with Crippen LogP contribution in [0.15, 0.2) is 25.3 Å². The Kier molecular flexibility index (Phi) is 6.06. The molecule has 0 bridgehead atoms. The van der Waals surface area contributed by atoms with Crippen LogP contribution in [-0.4, -0.2) is 19.1 Å². The van der Waals surface area contributed by atoms with E-state index in [1.165, 1.54) is 6.42 Å². The predicted molar refractivity (Wildman–Crippen MR) is 93.3 cm³/mol. The Morgan fingerprint density at radius 3 is 2.35 bits per heavy atom. The molecular formula is C18H29NO3S. The van der Waals surface area contributed by atoms with Gasteiger partial charge >= 0.3 is 0 Å². The Hall–Kier alpha value is -1.10. The van der Waals surface area contributed by atoms with Gasteiger partial charge in [0.1, 0.15) is 0 Å². The molecule has 2 unspecified atom stereocenters. The first-order valence-electron chi connectivity index (χ1n) is 8.75. The molecule has 0 heterocycles. The molecule has 2 saturated carbocycles. The lowest BCUT2D eigenvalue weighted by Crippen LogP contribution is -2.40. The van der Waals surface area contributed by atoms with E-state index >= 15 is 0 Å². The Labute approximate surface area is 140 Å². The van der Waals surface area contributed by atoms with Gasteiger partial charge in [0.15, 0.2) is 0 Å². The molecule has 2 aliphatic carbocycles. The molecule has 0 saturated heterocycles. The Balaban J connectivity index is 1.72. The van der Waals surface area contributed by atoms with Crippen molar-refractivity contribution >= 4 is 15.9 Å². The van der Waals surface area contributed by atoms with E-state index < -0.39 is 14.8 Å². The highest BCUT2D eigenvalue weighted by Crippen LogP contribution is 2.48. The quantitative estimate of drug-likeness (QED) is 0.435. The van der Waals surface area contributed by atoms with Gasteiger partial charge in [-0.05, 0) is 44.4 Å². The van der Waals surface area contributed by atoms with Crippen LogP contribution in [0.3, 0.4) is 0 Å². The summed E-state index contributed by atoms with van der Waals surface area (Å²) in [5, 5.41) is 0. The van der Waals surface area contributed by atoms with Crippen molar-refractivity contribution in [3.63, 3.8) is 0 Å². The molecule has 2 aliphatic rings. The summed E-state index contributed by atoms with van der Waals surface area (Å²) in [7, 11) is -3.53. The zero-order chi connectivity index (χ0) is 16.9. The molecule has 5 heteroatoms. The average Bonchev–Trinajstić information content (AvgIpc) is 3.39. The second-order valence-corrected chi connectivity index (χ2v) is 9.07. The number of carbonyl (C=O) groups is 1. The van der Waals surface area contributed by atoms with Crippen LogP contribution in [0.4, 0.5) is 0 Å². The third-order valence-electron chi connectivity index (χ3n) is 5.13. The van der Waals surface area contributed by atoms with Crippen LogP contribution in [0.1, 0.15) is 64.2 Å². The highest BCUT2D eigenvalue weighted by Gasteiger charge is 2.55. The molecule has 1 N–H and O–H groups in total. The Morgan fingerprint density at radius 1 is 1.13 bits per heavy atom. The molecule has 4 nitrogen and oxygen atoms in total. The van der Waals surface area contributed by atoms with E-state index in [1.54, 1.807) is 6.08 Å². The third-order valence-corrected chi connectivity index (χ3v) is 7.36. The maximum Gasteiger partial charge on any atom is 0.240 e. The molecule has 0 aromatic rings. The van der Waals surface area contributed by atoms with Crippen molar-refractivity contribution in [2.75, 3.05) is 0 Å². The first kappa shape index (κ1) is 18.2. The second kappa shape index (κ2) is 7.65. The van der Waals surface area contributed by atoms with Crippen LogP contribution in [0, 0.1) is 11.8 Å². The van der Waals surface area contributed by atoms with Crippen LogP contribution in [0.25, 0.3) is 0 Å². The van der Waals surface area contributed by atoms with Crippen LogP contribution in [0.2, 0.25) is 0 Å². The molecule has 2 rings (SSSR count). The van der Waals surface area contributed by atoms with E-state index in [-0.39, 0.29) is 17.7 Å². The van der Waals surface area contributed by atoms with Gasteiger partial charge in [0, 0.05) is 5.92 Å². The molecule has 23 heavy (non-hydrogen) atoms. The number of amides is 1. The van der Waals surface area contributed by atoms with Gasteiger partial charge in [0.05, 0.1) is 4.75 Å². The van der Waals surface area contributed by atoms with E-state index in [4.69, 9.17) is 0 Å². The minimum atomic E-state index is -3.53. The lowest BCUT2D eigenvalue weighted by atomic mass is 10.1. The summed E-state index contributed by atoms with van der Waals surface area (Å²) in [6.07, 6.45) is 12.9. The van der Waals surface area contributed by atoms with Gasteiger partial charge in [-0.3, -0.25) is 9.52 Å². The summed E-state index contributed by atoms with van der Waals surface area (Å²) in [5.74, 6) is -0.385. The standard InChI is InChI=1S/C18H29NO3S/c1-3-5-6-7-8-9-10-11-18(12-13-18)23(21,22)19-17(20)16-14-15(16)4-2/h3-4,15-16H,1-2,5-14H2,(H,19,20). The van der Waals surface area contributed by atoms with Crippen molar-refractivity contribution in [2.45, 2.75) is 69.0 Å². The van der Waals surface area contributed by atoms with Crippen LogP contribution >= 0.6 is 0 Å². The molecule has 0 aromatic heterocycles. The number of nitrogens with one attached hydrogen (secondary N) is 1. The van der Waals surface area contributed by atoms with Crippen LogP contribution in [-0.2, 0) is 14.8 Å². The Bertz CT molecular complexity index is 549. The summed E-state index contributed by atoms with van der Waals surface area (Å²) < 4.78 is 26.6. The first-order chi connectivity index (χ1) is 11.0. The normalized spacial score (nSPS) is 24.7. The topological polar surface area (TPSA) is 63.2 Å². The van der Waals surface area contributed by atoms with Crippen molar-refractivity contribution < 1.29 is 13.2 Å². The average molecular weight is 340 g/mol. The molecule has 2 fully saturated rings. The molecule has 2 atom stereocenters. The molecule has 130 valence electrons. The first-order valence-corrected chi connectivity index (χ1v) is 10.2. The van der Waals surface area contributed by atoms with Gasteiger partial charge in [0.2, 0.25) is 15.9 Å². The smallest absolute Gasteiger partial charge is 0.240 e.